The second kappa shape index (κ2) is 9.27. The fraction of sp³-hybridized carbons (Fsp3) is 0.357. The Morgan fingerprint density at radius 1 is 1.05 bits per heavy atom. The molecule has 9 nitrogen and oxygen atoms in total. The van der Waals surface area contributed by atoms with E-state index in [0.717, 1.165) is 11.0 Å². The maximum absolute atomic E-state index is 14.1. The number of hydrogen-bond acceptors (Lipinski definition) is 4. The number of carbonyl (C=O) groups is 3. The van der Waals surface area contributed by atoms with Crippen LogP contribution in [0.15, 0.2) is 48.5 Å². The van der Waals surface area contributed by atoms with E-state index in [9.17, 15) is 18.8 Å². The highest BCUT2D eigenvalue weighted by molar-refractivity contribution is 6.00. The number of benzene rings is 2. The highest BCUT2D eigenvalue weighted by Gasteiger charge is 2.48. The number of imidazole rings is 1. The lowest BCUT2D eigenvalue weighted by atomic mass is 10.0. The van der Waals surface area contributed by atoms with Crippen molar-refractivity contribution >= 4 is 39.7 Å². The van der Waals surface area contributed by atoms with Crippen LogP contribution in [0.2, 0.25) is 0 Å². The van der Waals surface area contributed by atoms with Gasteiger partial charge in [-0.05, 0) is 43.0 Å². The van der Waals surface area contributed by atoms with Crippen molar-refractivity contribution in [3.8, 4) is 0 Å². The number of amides is 3. The number of hydrogen-bond donors (Lipinski definition) is 3. The lowest BCUT2D eigenvalue weighted by Gasteiger charge is -2.36. The van der Waals surface area contributed by atoms with E-state index in [-0.39, 0.29) is 41.0 Å². The van der Waals surface area contributed by atoms with Gasteiger partial charge in [0.2, 0.25) is 5.91 Å². The van der Waals surface area contributed by atoms with E-state index in [4.69, 9.17) is 0 Å². The summed E-state index contributed by atoms with van der Waals surface area (Å²) in [5.41, 5.74) is 2.01. The van der Waals surface area contributed by atoms with Gasteiger partial charge in [-0.3, -0.25) is 14.4 Å². The molecule has 2 aliphatic heterocycles. The number of fused-ring (bicyclic) bond motifs is 4. The number of halogens is 1. The Labute approximate surface area is 218 Å². The summed E-state index contributed by atoms with van der Waals surface area (Å²) in [5.74, 6) is -0.750. The van der Waals surface area contributed by atoms with Gasteiger partial charge in [0.15, 0.2) is 5.82 Å². The van der Waals surface area contributed by atoms with E-state index in [1.54, 1.807) is 28.0 Å². The third kappa shape index (κ3) is 4.19. The van der Waals surface area contributed by atoms with Gasteiger partial charge in [-0.1, -0.05) is 38.1 Å². The topological polar surface area (TPSA) is 114 Å². The van der Waals surface area contributed by atoms with Crippen LogP contribution in [0.4, 0.5) is 4.39 Å². The summed E-state index contributed by atoms with van der Waals surface area (Å²) >= 11 is 0. The molecule has 38 heavy (non-hydrogen) atoms. The van der Waals surface area contributed by atoms with Crippen molar-refractivity contribution in [1.29, 1.82) is 0 Å². The van der Waals surface area contributed by atoms with Crippen molar-refractivity contribution in [2.24, 2.45) is 5.92 Å². The SMILES string of the molecule is CC(C)C[C@H](NC(=O)c1cc2cccc(F)c2[nH]1)C(=O)N1C[C@@H]2C[C@H]1CN2C(=O)c1nc2ccccc2[nH]1. The Morgan fingerprint density at radius 2 is 1.82 bits per heavy atom. The molecule has 0 saturated carbocycles. The van der Waals surface area contributed by atoms with E-state index >= 15 is 0 Å². The van der Waals surface area contributed by atoms with Gasteiger partial charge >= 0.3 is 0 Å². The Balaban J connectivity index is 1.15. The van der Waals surface area contributed by atoms with Gasteiger partial charge in [0.05, 0.1) is 28.6 Å². The summed E-state index contributed by atoms with van der Waals surface area (Å²) in [6.07, 6.45) is 1.16. The van der Waals surface area contributed by atoms with Crippen molar-refractivity contribution in [2.75, 3.05) is 13.1 Å². The van der Waals surface area contributed by atoms with Crippen LogP contribution >= 0.6 is 0 Å². The minimum Gasteiger partial charge on any atom is -0.348 e. The van der Waals surface area contributed by atoms with Gasteiger partial charge in [0.25, 0.3) is 11.8 Å². The highest BCUT2D eigenvalue weighted by Crippen LogP contribution is 2.33. The first-order chi connectivity index (χ1) is 18.3. The number of para-hydroxylation sites is 3. The molecule has 2 aliphatic rings. The van der Waals surface area contributed by atoms with Crippen molar-refractivity contribution in [3.05, 3.63) is 65.9 Å². The van der Waals surface area contributed by atoms with E-state index in [1.165, 1.54) is 6.07 Å². The predicted molar refractivity (Wildman–Crippen MR) is 140 cm³/mol. The van der Waals surface area contributed by atoms with E-state index in [0.29, 0.717) is 37.1 Å². The van der Waals surface area contributed by atoms with Crippen LogP contribution in [0, 0.1) is 11.7 Å². The van der Waals surface area contributed by atoms with Crippen LogP contribution in [-0.4, -0.2) is 73.7 Å². The number of carbonyl (C=O) groups excluding carboxylic acids is 3. The molecule has 2 saturated heterocycles. The average Bonchev–Trinajstić information content (AvgIpc) is 3.69. The second-order valence-electron chi connectivity index (χ2n) is 10.6. The zero-order chi connectivity index (χ0) is 26.6. The zero-order valence-electron chi connectivity index (χ0n) is 21.2. The predicted octanol–water partition coefficient (Wildman–Crippen LogP) is 3.45. The average molecular weight is 517 g/mol. The summed E-state index contributed by atoms with van der Waals surface area (Å²) < 4.78 is 14.1. The van der Waals surface area contributed by atoms with Crippen LogP contribution in [0.1, 0.15) is 47.8 Å². The van der Waals surface area contributed by atoms with Gasteiger partial charge in [0, 0.05) is 18.5 Å². The lowest BCUT2D eigenvalue weighted by Crippen LogP contribution is -2.56. The number of nitrogens with zero attached hydrogens (tertiary/aromatic N) is 3. The molecule has 6 rings (SSSR count). The fourth-order valence-electron chi connectivity index (χ4n) is 5.75. The summed E-state index contributed by atoms with van der Waals surface area (Å²) in [5, 5.41) is 3.47. The van der Waals surface area contributed by atoms with Gasteiger partial charge in [-0.15, -0.1) is 0 Å². The third-order valence-electron chi connectivity index (χ3n) is 7.54. The molecule has 0 radical (unpaired) electrons. The number of piperazine rings is 1. The molecular weight excluding hydrogens is 487 g/mol. The molecule has 2 bridgehead atoms. The van der Waals surface area contributed by atoms with Gasteiger partial charge in [-0.2, -0.15) is 0 Å². The van der Waals surface area contributed by atoms with Crippen molar-refractivity contribution in [2.45, 2.75) is 44.8 Å². The normalized spacial score (nSPS) is 19.6. The summed E-state index contributed by atoms with van der Waals surface area (Å²) in [6.45, 7) is 4.83. The van der Waals surface area contributed by atoms with E-state index < -0.39 is 17.8 Å². The largest absolute Gasteiger partial charge is 0.348 e. The van der Waals surface area contributed by atoms with Gasteiger partial charge in [0.1, 0.15) is 17.6 Å². The van der Waals surface area contributed by atoms with Crippen LogP contribution in [0.25, 0.3) is 21.9 Å². The smallest absolute Gasteiger partial charge is 0.290 e. The first kappa shape index (κ1) is 24.1. The first-order valence-electron chi connectivity index (χ1n) is 12.9. The Hall–Kier alpha value is -4.21. The quantitative estimate of drug-likeness (QED) is 0.364. The zero-order valence-corrected chi connectivity index (χ0v) is 21.2. The molecule has 10 heteroatoms. The van der Waals surface area contributed by atoms with Gasteiger partial charge in [-0.25, -0.2) is 9.37 Å². The van der Waals surface area contributed by atoms with Crippen molar-refractivity contribution in [3.63, 3.8) is 0 Å². The van der Waals surface area contributed by atoms with Crippen LogP contribution in [0.3, 0.4) is 0 Å². The van der Waals surface area contributed by atoms with Crippen LogP contribution in [0.5, 0.6) is 0 Å². The maximum Gasteiger partial charge on any atom is 0.290 e. The summed E-state index contributed by atoms with van der Waals surface area (Å²) in [6, 6.07) is 12.8. The van der Waals surface area contributed by atoms with Gasteiger partial charge < -0.3 is 25.1 Å². The molecule has 196 valence electrons. The standard InChI is InChI=1S/C28H29FN6O3/c1-15(2)10-23(33-26(36)22-11-16-6-5-7-19(29)24(16)30-22)27(37)34-13-18-12-17(34)14-35(18)28(38)25-31-20-8-3-4-9-21(20)32-25/h3-9,11,15,17-18,23,30H,10,12-14H2,1-2H3,(H,31,32)(H,33,36)/t17-,18-,23-/m0/s1. The highest BCUT2D eigenvalue weighted by atomic mass is 19.1. The van der Waals surface area contributed by atoms with Crippen LogP contribution in [-0.2, 0) is 4.79 Å². The number of H-pyrrole nitrogens is 2. The minimum atomic E-state index is -0.724. The monoisotopic (exact) mass is 516 g/mol. The van der Waals surface area contributed by atoms with E-state index in [1.807, 2.05) is 38.1 Å². The summed E-state index contributed by atoms with van der Waals surface area (Å²) in [4.78, 5) is 53.9. The Morgan fingerprint density at radius 3 is 2.53 bits per heavy atom. The molecule has 4 aromatic rings. The van der Waals surface area contributed by atoms with Crippen LogP contribution < -0.4 is 5.32 Å². The second-order valence-corrected chi connectivity index (χ2v) is 10.6. The van der Waals surface area contributed by atoms with Crippen molar-refractivity contribution < 1.29 is 18.8 Å². The maximum atomic E-state index is 14.1. The third-order valence-corrected chi connectivity index (χ3v) is 7.54. The number of aromatic nitrogens is 3. The molecule has 0 unspecified atom stereocenters. The number of aromatic amines is 2. The molecule has 3 N–H and O–H groups in total. The Kier molecular flexibility index (Phi) is 5.89. The van der Waals surface area contributed by atoms with E-state index in [2.05, 4.69) is 20.3 Å². The molecule has 0 spiro atoms. The first-order valence-corrected chi connectivity index (χ1v) is 12.9. The molecule has 3 atom stereocenters. The molecule has 2 aromatic heterocycles. The molecule has 2 fully saturated rings. The minimum absolute atomic E-state index is 0.100. The number of likely N-dealkylation sites (tertiary alicyclic amines) is 2. The molecule has 0 aliphatic carbocycles. The fourth-order valence-corrected chi connectivity index (χ4v) is 5.75. The Bertz CT molecular complexity index is 1530. The molecule has 3 amide bonds. The molecular formula is C28H29FN6O3. The summed E-state index contributed by atoms with van der Waals surface area (Å²) in [7, 11) is 0. The van der Waals surface area contributed by atoms with Crippen molar-refractivity contribution in [1.82, 2.24) is 30.1 Å². The lowest BCUT2D eigenvalue weighted by molar-refractivity contribution is -0.135. The molecule has 4 heterocycles. The number of nitrogens with one attached hydrogen (secondary N) is 3. The number of rotatable bonds is 6. The molecule has 2 aromatic carbocycles.